The van der Waals surface area contributed by atoms with E-state index in [-0.39, 0.29) is 23.9 Å². The van der Waals surface area contributed by atoms with Crippen LogP contribution in [0.3, 0.4) is 0 Å². The zero-order valence-electron chi connectivity index (χ0n) is 16.8. The van der Waals surface area contributed by atoms with Crippen molar-refractivity contribution < 1.29 is 26.8 Å². The summed E-state index contributed by atoms with van der Waals surface area (Å²) in [5.41, 5.74) is 0.0242. The maximum Gasteiger partial charge on any atom is 0.437 e. The second kappa shape index (κ2) is 7.11. The molecule has 1 atom stereocenters. The first kappa shape index (κ1) is 20.3. The lowest BCUT2D eigenvalue weighted by Crippen LogP contribution is -2.41. The van der Waals surface area contributed by atoms with Crippen LogP contribution < -0.4 is 0 Å². The molecule has 0 saturated heterocycles. The van der Waals surface area contributed by atoms with Gasteiger partial charge in [0.25, 0.3) is 5.91 Å². The molecular formula is C21H15F4N5O2S. The monoisotopic (exact) mass is 477 g/mol. The number of thiazole rings is 1. The van der Waals surface area contributed by atoms with Crippen LogP contribution in [0.4, 0.5) is 17.6 Å². The van der Waals surface area contributed by atoms with Gasteiger partial charge in [-0.2, -0.15) is 13.2 Å². The minimum atomic E-state index is -4.84. The number of halogens is 4. The van der Waals surface area contributed by atoms with E-state index >= 15 is 0 Å². The molecule has 0 bridgehead atoms. The van der Waals surface area contributed by atoms with E-state index in [0.717, 1.165) is 17.0 Å². The molecule has 4 heterocycles. The van der Waals surface area contributed by atoms with E-state index in [9.17, 15) is 22.4 Å². The van der Waals surface area contributed by atoms with Crippen molar-refractivity contribution >= 4 is 27.5 Å². The van der Waals surface area contributed by atoms with Crippen molar-refractivity contribution in [3.8, 4) is 0 Å². The molecule has 170 valence electrons. The number of nitrogens with zero attached hydrogens (tertiary/aromatic N) is 4. The Kier molecular flexibility index (Phi) is 4.38. The van der Waals surface area contributed by atoms with Crippen LogP contribution in [-0.2, 0) is 12.6 Å². The van der Waals surface area contributed by atoms with Gasteiger partial charge in [0.2, 0.25) is 5.76 Å². The van der Waals surface area contributed by atoms with Crippen LogP contribution in [0.15, 0.2) is 28.9 Å². The van der Waals surface area contributed by atoms with Gasteiger partial charge in [-0.3, -0.25) is 4.79 Å². The van der Waals surface area contributed by atoms with Crippen molar-refractivity contribution in [2.75, 3.05) is 6.54 Å². The lowest BCUT2D eigenvalue weighted by atomic mass is 10.0. The molecule has 0 spiro atoms. The second-order valence-corrected chi connectivity index (χ2v) is 9.12. The molecule has 0 radical (unpaired) electrons. The number of carbonyl (C=O) groups is 1. The SMILES string of the molecule is O=C(c1oc(C2CC2)nc1C(F)(F)F)N1CCc2[nH]cnc2[C@H]1c1nc2c(F)cccc2s1. The van der Waals surface area contributed by atoms with Gasteiger partial charge in [-0.05, 0) is 25.0 Å². The third kappa shape index (κ3) is 3.31. The fourth-order valence-electron chi connectivity index (χ4n) is 4.10. The standard InChI is InChI=1S/C21H15F4N5O2S/c22-10-2-1-3-12-13(10)28-19(33-12)15-14-11(26-8-27-14)6-7-30(15)20(31)16-17(21(23,24)25)29-18(32-16)9-4-5-9/h1-3,8-9,15H,4-7H2,(H,26,27)/t15-/m0/s1. The molecule has 0 unspecified atom stereocenters. The normalized spacial score (nSPS) is 18.7. The number of aromatic amines is 1. The van der Waals surface area contributed by atoms with Crippen LogP contribution in [-0.4, -0.2) is 37.3 Å². The lowest BCUT2D eigenvalue weighted by molar-refractivity contribution is -0.141. The van der Waals surface area contributed by atoms with Crippen molar-refractivity contribution in [1.82, 2.24) is 24.8 Å². The first-order valence-corrected chi connectivity index (χ1v) is 11.1. The van der Waals surface area contributed by atoms with E-state index in [1.807, 2.05) is 0 Å². The van der Waals surface area contributed by atoms with Crippen molar-refractivity contribution in [1.29, 1.82) is 0 Å². The Balaban J connectivity index is 1.47. The van der Waals surface area contributed by atoms with E-state index in [2.05, 4.69) is 19.9 Å². The predicted octanol–water partition coefficient (Wildman–Crippen LogP) is 4.83. The molecule has 1 fully saturated rings. The number of fused-ring (bicyclic) bond motifs is 2. The van der Waals surface area contributed by atoms with Crippen LogP contribution in [0.25, 0.3) is 10.2 Å². The van der Waals surface area contributed by atoms with Crippen molar-refractivity contribution in [3.05, 3.63) is 64.1 Å². The van der Waals surface area contributed by atoms with Crippen LogP contribution in [0.2, 0.25) is 0 Å². The van der Waals surface area contributed by atoms with E-state index < -0.39 is 35.4 Å². The van der Waals surface area contributed by atoms with Gasteiger partial charge in [0.15, 0.2) is 11.6 Å². The van der Waals surface area contributed by atoms with Gasteiger partial charge in [0.1, 0.15) is 22.4 Å². The first-order valence-electron chi connectivity index (χ1n) is 10.3. The summed E-state index contributed by atoms with van der Waals surface area (Å²) in [6.45, 7) is 0.105. The number of para-hydroxylation sites is 1. The summed E-state index contributed by atoms with van der Waals surface area (Å²) in [5.74, 6) is -2.56. The number of benzene rings is 1. The van der Waals surface area contributed by atoms with Gasteiger partial charge in [0.05, 0.1) is 16.7 Å². The third-order valence-corrected chi connectivity index (χ3v) is 6.91. The molecule has 2 aliphatic rings. The van der Waals surface area contributed by atoms with Crippen molar-refractivity contribution in [2.45, 2.75) is 37.4 Å². The number of amides is 1. The Morgan fingerprint density at radius 1 is 1.24 bits per heavy atom. The molecule has 12 heteroatoms. The van der Waals surface area contributed by atoms with Crippen LogP contribution in [0.1, 0.15) is 63.3 Å². The number of hydrogen-bond acceptors (Lipinski definition) is 6. The fraction of sp³-hybridized carbons (Fsp3) is 0.333. The van der Waals surface area contributed by atoms with E-state index in [4.69, 9.17) is 4.42 Å². The minimum Gasteiger partial charge on any atom is -0.435 e. The van der Waals surface area contributed by atoms with Crippen LogP contribution in [0, 0.1) is 5.82 Å². The number of alkyl halides is 3. The topological polar surface area (TPSA) is 87.9 Å². The number of carbonyl (C=O) groups excluding carboxylic acids is 1. The number of oxazole rings is 1. The summed E-state index contributed by atoms with van der Waals surface area (Å²) in [5, 5.41) is 0.354. The molecule has 4 aromatic rings. The summed E-state index contributed by atoms with van der Waals surface area (Å²) < 4.78 is 61.3. The van der Waals surface area contributed by atoms with Gasteiger partial charge in [-0.1, -0.05) is 6.07 Å². The lowest BCUT2D eigenvalue weighted by Gasteiger charge is -2.33. The molecule has 33 heavy (non-hydrogen) atoms. The van der Waals surface area contributed by atoms with Gasteiger partial charge in [-0.25, -0.2) is 19.3 Å². The molecule has 7 nitrogen and oxygen atoms in total. The molecule has 1 N–H and O–H groups in total. The Bertz CT molecular complexity index is 1390. The maximum atomic E-state index is 14.3. The average Bonchev–Trinajstić information content (AvgIpc) is 3.17. The third-order valence-electron chi connectivity index (χ3n) is 5.84. The zero-order valence-corrected chi connectivity index (χ0v) is 17.6. The number of rotatable bonds is 3. The molecule has 1 amide bonds. The summed E-state index contributed by atoms with van der Waals surface area (Å²) in [4.78, 5) is 30.0. The van der Waals surface area contributed by atoms with Crippen LogP contribution in [0.5, 0.6) is 0 Å². The van der Waals surface area contributed by atoms with Gasteiger partial charge < -0.3 is 14.3 Å². The number of imidazole rings is 1. The molecular weight excluding hydrogens is 462 g/mol. The first-order chi connectivity index (χ1) is 15.8. The van der Waals surface area contributed by atoms with Gasteiger partial charge in [0, 0.05) is 24.6 Å². The highest BCUT2D eigenvalue weighted by Gasteiger charge is 2.46. The Labute approximate surface area is 187 Å². The summed E-state index contributed by atoms with van der Waals surface area (Å²) in [7, 11) is 0. The molecule has 1 saturated carbocycles. The zero-order chi connectivity index (χ0) is 22.9. The van der Waals surface area contributed by atoms with E-state index in [1.54, 1.807) is 12.1 Å². The largest absolute Gasteiger partial charge is 0.437 e. The summed E-state index contributed by atoms with van der Waals surface area (Å²) in [6, 6.07) is 3.63. The Hall–Kier alpha value is -3.28. The van der Waals surface area contributed by atoms with Crippen molar-refractivity contribution in [3.63, 3.8) is 0 Å². The number of nitrogens with one attached hydrogen (secondary N) is 1. The number of aromatic nitrogens is 4. The van der Waals surface area contributed by atoms with E-state index in [0.29, 0.717) is 34.7 Å². The maximum absolute atomic E-state index is 14.3. The molecule has 3 aromatic heterocycles. The number of hydrogen-bond donors (Lipinski definition) is 1. The molecule has 1 aromatic carbocycles. The minimum absolute atomic E-state index is 0.0678. The van der Waals surface area contributed by atoms with Crippen LogP contribution >= 0.6 is 11.3 Å². The van der Waals surface area contributed by atoms with Crippen molar-refractivity contribution in [2.24, 2.45) is 0 Å². The summed E-state index contributed by atoms with van der Waals surface area (Å²) >= 11 is 1.16. The highest BCUT2D eigenvalue weighted by atomic mass is 32.1. The smallest absolute Gasteiger partial charge is 0.435 e. The second-order valence-electron chi connectivity index (χ2n) is 8.06. The number of H-pyrrole nitrogens is 1. The molecule has 6 rings (SSSR count). The van der Waals surface area contributed by atoms with Gasteiger partial charge in [-0.15, -0.1) is 11.3 Å². The Morgan fingerprint density at radius 2 is 2.06 bits per heavy atom. The van der Waals surface area contributed by atoms with E-state index in [1.165, 1.54) is 17.3 Å². The highest BCUT2D eigenvalue weighted by Crippen LogP contribution is 2.44. The molecule has 1 aliphatic carbocycles. The predicted molar refractivity (Wildman–Crippen MR) is 108 cm³/mol. The van der Waals surface area contributed by atoms with Gasteiger partial charge >= 0.3 is 6.18 Å². The molecule has 1 aliphatic heterocycles. The average molecular weight is 477 g/mol. The highest BCUT2D eigenvalue weighted by molar-refractivity contribution is 7.18. The fourth-order valence-corrected chi connectivity index (χ4v) is 5.20. The quantitative estimate of drug-likeness (QED) is 0.427. The Morgan fingerprint density at radius 3 is 2.79 bits per heavy atom. The summed E-state index contributed by atoms with van der Waals surface area (Å²) in [6.07, 6.45) is -1.68.